The van der Waals surface area contributed by atoms with Crippen molar-refractivity contribution >= 4 is 16.6 Å². The van der Waals surface area contributed by atoms with Gasteiger partial charge in [0, 0.05) is 23.5 Å². The molecule has 2 heterocycles. The number of benzene rings is 1. The van der Waals surface area contributed by atoms with Gasteiger partial charge in [-0.25, -0.2) is 4.68 Å². The summed E-state index contributed by atoms with van der Waals surface area (Å²) >= 11 is 0. The Kier molecular flexibility index (Phi) is 2.63. The SMILES string of the molecule is Nc1ccc(-n2ccc(C(F)(F)F)n2)c2ncccc12. The van der Waals surface area contributed by atoms with E-state index in [-0.39, 0.29) is 0 Å². The van der Waals surface area contributed by atoms with Crippen LogP contribution < -0.4 is 5.73 Å². The summed E-state index contributed by atoms with van der Waals surface area (Å²) in [5.41, 5.74) is 6.35. The van der Waals surface area contributed by atoms with Crippen LogP contribution in [0.25, 0.3) is 16.6 Å². The minimum atomic E-state index is -4.47. The van der Waals surface area contributed by atoms with Crippen LogP contribution in [-0.4, -0.2) is 14.8 Å². The lowest BCUT2D eigenvalue weighted by Gasteiger charge is -2.08. The van der Waals surface area contributed by atoms with Crippen molar-refractivity contribution in [3.8, 4) is 5.69 Å². The van der Waals surface area contributed by atoms with Crippen molar-refractivity contribution in [3.63, 3.8) is 0 Å². The van der Waals surface area contributed by atoms with E-state index in [9.17, 15) is 13.2 Å². The van der Waals surface area contributed by atoms with Crippen molar-refractivity contribution in [1.29, 1.82) is 0 Å². The van der Waals surface area contributed by atoms with Gasteiger partial charge in [0.2, 0.25) is 0 Å². The Morgan fingerprint density at radius 3 is 2.60 bits per heavy atom. The molecule has 0 saturated heterocycles. The van der Waals surface area contributed by atoms with Crippen molar-refractivity contribution in [2.75, 3.05) is 5.73 Å². The zero-order chi connectivity index (χ0) is 14.3. The van der Waals surface area contributed by atoms with E-state index < -0.39 is 11.9 Å². The smallest absolute Gasteiger partial charge is 0.398 e. The summed E-state index contributed by atoms with van der Waals surface area (Å²) in [5.74, 6) is 0. The van der Waals surface area contributed by atoms with Gasteiger partial charge in [0.1, 0.15) is 0 Å². The normalized spacial score (nSPS) is 11.9. The molecule has 102 valence electrons. The molecule has 0 amide bonds. The maximum atomic E-state index is 12.6. The van der Waals surface area contributed by atoms with Crippen LogP contribution in [-0.2, 0) is 6.18 Å². The molecule has 0 aliphatic carbocycles. The number of rotatable bonds is 1. The fraction of sp³-hybridized carbons (Fsp3) is 0.0769. The molecule has 2 N–H and O–H groups in total. The first-order chi connectivity index (χ1) is 9.47. The monoisotopic (exact) mass is 278 g/mol. The van der Waals surface area contributed by atoms with E-state index in [1.807, 2.05) is 0 Å². The summed E-state index contributed by atoms with van der Waals surface area (Å²) in [6.45, 7) is 0. The van der Waals surface area contributed by atoms with E-state index in [1.54, 1.807) is 30.5 Å². The standard InChI is InChI=1S/C13H9F3N4/c14-13(15,16)11-5-7-20(19-11)10-4-3-9(17)8-2-1-6-18-12(8)10/h1-7H,17H2. The van der Waals surface area contributed by atoms with E-state index in [0.29, 0.717) is 22.3 Å². The van der Waals surface area contributed by atoms with Crippen LogP contribution in [0.1, 0.15) is 5.69 Å². The number of alkyl halides is 3. The summed E-state index contributed by atoms with van der Waals surface area (Å²) in [4.78, 5) is 4.17. The molecule has 0 fully saturated rings. The highest BCUT2D eigenvalue weighted by Gasteiger charge is 2.33. The second kappa shape index (κ2) is 4.22. The first kappa shape index (κ1) is 12.5. The summed E-state index contributed by atoms with van der Waals surface area (Å²) in [7, 11) is 0. The van der Waals surface area contributed by atoms with Gasteiger partial charge in [-0.05, 0) is 30.3 Å². The molecule has 0 saturated carbocycles. The largest absolute Gasteiger partial charge is 0.435 e. The third-order valence-corrected chi connectivity index (χ3v) is 2.91. The van der Waals surface area contributed by atoms with Crippen LogP contribution >= 0.6 is 0 Å². The number of pyridine rings is 1. The fourth-order valence-electron chi connectivity index (χ4n) is 1.97. The van der Waals surface area contributed by atoms with Gasteiger partial charge in [-0.1, -0.05) is 0 Å². The topological polar surface area (TPSA) is 56.7 Å². The maximum Gasteiger partial charge on any atom is 0.435 e. The van der Waals surface area contributed by atoms with Gasteiger partial charge in [-0.3, -0.25) is 4.98 Å². The number of nitrogens with zero attached hydrogens (tertiary/aromatic N) is 3. The first-order valence-electron chi connectivity index (χ1n) is 5.73. The van der Waals surface area contributed by atoms with Crippen molar-refractivity contribution in [2.24, 2.45) is 0 Å². The molecule has 0 atom stereocenters. The molecule has 0 unspecified atom stereocenters. The highest BCUT2D eigenvalue weighted by molar-refractivity contribution is 5.95. The van der Waals surface area contributed by atoms with Gasteiger partial charge in [-0.15, -0.1) is 0 Å². The zero-order valence-electron chi connectivity index (χ0n) is 10.1. The molecule has 2 aromatic heterocycles. The Morgan fingerprint density at radius 2 is 1.90 bits per heavy atom. The number of aromatic nitrogens is 3. The number of halogens is 3. The molecular formula is C13H9F3N4. The lowest BCUT2D eigenvalue weighted by atomic mass is 10.1. The second-order valence-corrected chi connectivity index (χ2v) is 4.22. The van der Waals surface area contributed by atoms with E-state index in [0.717, 1.165) is 10.7 Å². The molecule has 0 aliphatic heterocycles. The molecular weight excluding hydrogens is 269 g/mol. The predicted octanol–water partition coefficient (Wildman–Crippen LogP) is 3.02. The van der Waals surface area contributed by atoms with Gasteiger partial charge in [0.25, 0.3) is 0 Å². The number of anilines is 1. The van der Waals surface area contributed by atoms with Gasteiger partial charge >= 0.3 is 6.18 Å². The fourth-order valence-corrected chi connectivity index (χ4v) is 1.97. The molecule has 1 aromatic carbocycles. The van der Waals surface area contributed by atoms with Crippen LogP contribution in [0.15, 0.2) is 42.7 Å². The molecule has 0 radical (unpaired) electrons. The Hall–Kier alpha value is -2.57. The number of nitrogens with two attached hydrogens (primary N) is 1. The van der Waals surface area contributed by atoms with Crippen LogP contribution in [0.3, 0.4) is 0 Å². The summed E-state index contributed by atoms with van der Waals surface area (Å²) in [6, 6.07) is 7.61. The van der Waals surface area contributed by atoms with Gasteiger partial charge in [0.05, 0.1) is 11.2 Å². The Bertz CT molecular complexity index is 777. The zero-order valence-corrected chi connectivity index (χ0v) is 10.1. The van der Waals surface area contributed by atoms with Gasteiger partial charge in [0.15, 0.2) is 5.69 Å². The average molecular weight is 278 g/mol. The number of nitrogen functional groups attached to an aromatic ring is 1. The van der Waals surface area contributed by atoms with Crippen LogP contribution in [0, 0.1) is 0 Å². The van der Waals surface area contributed by atoms with Crippen molar-refractivity contribution < 1.29 is 13.2 Å². The summed E-state index contributed by atoms with van der Waals surface area (Å²) in [5, 5.41) is 4.22. The van der Waals surface area contributed by atoms with E-state index in [2.05, 4.69) is 10.1 Å². The lowest BCUT2D eigenvalue weighted by molar-refractivity contribution is -0.141. The van der Waals surface area contributed by atoms with E-state index in [4.69, 9.17) is 5.73 Å². The third-order valence-electron chi connectivity index (χ3n) is 2.91. The van der Waals surface area contributed by atoms with Crippen molar-refractivity contribution in [3.05, 3.63) is 48.4 Å². The Labute approximate surface area is 111 Å². The molecule has 3 aromatic rings. The first-order valence-corrected chi connectivity index (χ1v) is 5.73. The molecule has 20 heavy (non-hydrogen) atoms. The highest BCUT2D eigenvalue weighted by Crippen LogP contribution is 2.29. The summed E-state index contributed by atoms with van der Waals surface area (Å²) in [6.07, 6.45) is -1.66. The quantitative estimate of drug-likeness (QED) is 0.696. The third kappa shape index (κ3) is 1.97. The molecule has 0 spiro atoms. The number of fused-ring (bicyclic) bond motifs is 1. The van der Waals surface area contributed by atoms with E-state index >= 15 is 0 Å². The Balaban J connectivity index is 2.20. The predicted molar refractivity (Wildman–Crippen MR) is 68.3 cm³/mol. The molecule has 0 bridgehead atoms. The van der Waals surface area contributed by atoms with Gasteiger partial charge < -0.3 is 5.73 Å². The second-order valence-electron chi connectivity index (χ2n) is 4.22. The van der Waals surface area contributed by atoms with Crippen molar-refractivity contribution in [1.82, 2.24) is 14.8 Å². The molecule has 0 aliphatic rings. The Morgan fingerprint density at radius 1 is 1.10 bits per heavy atom. The number of hydrogen-bond donors (Lipinski definition) is 1. The molecule has 3 rings (SSSR count). The average Bonchev–Trinajstić information content (AvgIpc) is 2.89. The number of hydrogen-bond acceptors (Lipinski definition) is 3. The molecule has 7 heteroatoms. The highest BCUT2D eigenvalue weighted by atomic mass is 19.4. The lowest BCUT2D eigenvalue weighted by Crippen LogP contribution is -2.07. The van der Waals surface area contributed by atoms with Gasteiger partial charge in [-0.2, -0.15) is 18.3 Å². The van der Waals surface area contributed by atoms with Crippen LogP contribution in [0.2, 0.25) is 0 Å². The van der Waals surface area contributed by atoms with E-state index in [1.165, 1.54) is 6.20 Å². The summed E-state index contributed by atoms with van der Waals surface area (Å²) < 4.78 is 38.9. The van der Waals surface area contributed by atoms with Crippen molar-refractivity contribution in [2.45, 2.75) is 6.18 Å². The minimum Gasteiger partial charge on any atom is -0.398 e. The maximum absolute atomic E-state index is 12.6. The minimum absolute atomic E-state index is 0.449. The van der Waals surface area contributed by atoms with Crippen LogP contribution in [0.4, 0.5) is 18.9 Å². The van der Waals surface area contributed by atoms with Crippen LogP contribution in [0.5, 0.6) is 0 Å². The molecule has 4 nitrogen and oxygen atoms in total.